The van der Waals surface area contributed by atoms with Crippen molar-refractivity contribution in [1.29, 1.82) is 0 Å². The van der Waals surface area contributed by atoms with Crippen LogP contribution in [0.5, 0.6) is 0 Å². The summed E-state index contributed by atoms with van der Waals surface area (Å²) in [4.78, 5) is 11.3. The van der Waals surface area contributed by atoms with E-state index in [-0.39, 0.29) is 5.97 Å². The Bertz CT molecular complexity index is 386. The molecule has 1 unspecified atom stereocenters. The van der Waals surface area contributed by atoms with Crippen molar-refractivity contribution in [3.8, 4) is 0 Å². The van der Waals surface area contributed by atoms with Crippen LogP contribution in [0.2, 0.25) is 0 Å². The summed E-state index contributed by atoms with van der Waals surface area (Å²) in [7, 11) is 1.34. The molecule has 15 heavy (non-hydrogen) atoms. The standard InChI is InChI=1S/C11H12O4/c1-14-11(13)7-2-3-9-8(4-7)5-15-6-10(9)12/h2-4,10,12H,5-6H2,1H3. The molecule has 0 radical (unpaired) electrons. The van der Waals surface area contributed by atoms with Gasteiger partial charge in [-0.2, -0.15) is 0 Å². The Hall–Kier alpha value is -1.39. The van der Waals surface area contributed by atoms with E-state index in [1.54, 1.807) is 18.2 Å². The van der Waals surface area contributed by atoms with Gasteiger partial charge in [-0.05, 0) is 23.3 Å². The lowest BCUT2D eigenvalue weighted by Gasteiger charge is -2.21. The minimum absolute atomic E-state index is 0.310. The normalized spacial score (nSPS) is 19.5. The van der Waals surface area contributed by atoms with E-state index in [4.69, 9.17) is 4.74 Å². The summed E-state index contributed by atoms with van der Waals surface area (Å²) in [5.41, 5.74) is 2.15. The lowest BCUT2D eigenvalue weighted by atomic mass is 9.98. The first kappa shape index (κ1) is 10.1. The summed E-state index contributed by atoms with van der Waals surface area (Å²) in [6, 6.07) is 5.09. The summed E-state index contributed by atoms with van der Waals surface area (Å²) >= 11 is 0. The summed E-state index contributed by atoms with van der Waals surface area (Å²) in [6.45, 7) is 0.738. The van der Waals surface area contributed by atoms with Crippen molar-refractivity contribution in [3.05, 3.63) is 34.9 Å². The summed E-state index contributed by atoms with van der Waals surface area (Å²) in [5.74, 6) is -0.377. The summed E-state index contributed by atoms with van der Waals surface area (Å²) < 4.78 is 9.79. The third-order valence-corrected chi connectivity index (χ3v) is 2.46. The van der Waals surface area contributed by atoms with E-state index in [2.05, 4.69) is 4.74 Å². The molecule has 4 heteroatoms. The fourth-order valence-electron chi connectivity index (χ4n) is 1.67. The molecule has 0 fully saturated rings. The molecule has 0 aliphatic carbocycles. The average molecular weight is 208 g/mol. The van der Waals surface area contributed by atoms with Crippen molar-refractivity contribution in [2.75, 3.05) is 13.7 Å². The second-order valence-corrected chi connectivity index (χ2v) is 3.44. The molecule has 0 spiro atoms. The first-order chi connectivity index (χ1) is 7.22. The van der Waals surface area contributed by atoms with Gasteiger partial charge < -0.3 is 14.6 Å². The number of rotatable bonds is 1. The van der Waals surface area contributed by atoms with E-state index < -0.39 is 6.10 Å². The third kappa shape index (κ3) is 1.86. The maximum Gasteiger partial charge on any atom is 0.337 e. The van der Waals surface area contributed by atoms with E-state index in [1.165, 1.54) is 7.11 Å². The zero-order valence-corrected chi connectivity index (χ0v) is 8.40. The Labute approximate surface area is 87.4 Å². The highest BCUT2D eigenvalue weighted by Gasteiger charge is 2.19. The van der Waals surface area contributed by atoms with Gasteiger partial charge in [0.05, 0.1) is 25.9 Å². The van der Waals surface area contributed by atoms with Crippen LogP contribution >= 0.6 is 0 Å². The molecule has 4 nitrogen and oxygen atoms in total. The number of carbonyl (C=O) groups is 1. The Balaban J connectivity index is 2.37. The molecule has 2 rings (SSSR count). The van der Waals surface area contributed by atoms with Gasteiger partial charge in [-0.15, -0.1) is 0 Å². The van der Waals surface area contributed by atoms with Crippen LogP contribution in [0.15, 0.2) is 18.2 Å². The second-order valence-electron chi connectivity index (χ2n) is 3.44. The fourth-order valence-corrected chi connectivity index (χ4v) is 1.67. The summed E-state index contributed by atoms with van der Waals surface area (Å²) in [5, 5.41) is 9.61. The number of aliphatic hydroxyl groups excluding tert-OH is 1. The van der Waals surface area contributed by atoms with Crippen LogP contribution in [-0.4, -0.2) is 24.8 Å². The number of fused-ring (bicyclic) bond motifs is 1. The molecule has 1 heterocycles. The molecule has 1 aromatic carbocycles. The number of esters is 1. The maximum absolute atomic E-state index is 11.3. The minimum atomic E-state index is -0.597. The van der Waals surface area contributed by atoms with Crippen molar-refractivity contribution in [2.24, 2.45) is 0 Å². The van der Waals surface area contributed by atoms with Gasteiger partial charge in [-0.25, -0.2) is 4.79 Å². The van der Waals surface area contributed by atoms with E-state index in [1.807, 2.05) is 0 Å². The number of hydrogen-bond donors (Lipinski definition) is 1. The van der Waals surface area contributed by atoms with Crippen molar-refractivity contribution in [1.82, 2.24) is 0 Å². The maximum atomic E-state index is 11.3. The molecule has 1 aliphatic heterocycles. The van der Waals surface area contributed by atoms with E-state index in [0.29, 0.717) is 18.8 Å². The zero-order valence-electron chi connectivity index (χ0n) is 8.40. The highest BCUT2D eigenvalue weighted by molar-refractivity contribution is 5.89. The van der Waals surface area contributed by atoms with Crippen LogP contribution in [0.4, 0.5) is 0 Å². The Morgan fingerprint density at radius 2 is 2.40 bits per heavy atom. The summed E-state index contributed by atoms with van der Waals surface area (Å²) in [6.07, 6.45) is -0.597. The molecule has 1 aromatic rings. The first-order valence-electron chi connectivity index (χ1n) is 4.69. The number of ether oxygens (including phenoxy) is 2. The van der Waals surface area contributed by atoms with E-state index in [0.717, 1.165) is 11.1 Å². The Morgan fingerprint density at radius 3 is 3.13 bits per heavy atom. The number of aliphatic hydroxyl groups is 1. The molecule has 1 aliphatic rings. The van der Waals surface area contributed by atoms with Crippen LogP contribution in [0.25, 0.3) is 0 Å². The number of methoxy groups -OCH3 is 1. The monoisotopic (exact) mass is 208 g/mol. The predicted molar refractivity (Wildman–Crippen MR) is 52.4 cm³/mol. The SMILES string of the molecule is COC(=O)c1ccc2c(c1)COCC2O. The molecule has 1 N–H and O–H groups in total. The molecule has 1 atom stereocenters. The average Bonchev–Trinajstić information content (AvgIpc) is 2.28. The first-order valence-corrected chi connectivity index (χ1v) is 4.69. The lowest BCUT2D eigenvalue weighted by Crippen LogP contribution is -2.17. The van der Waals surface area contributed by atoms with Gasteiger partial charge in [0.2, 0.25) is 0 Å². The van der Waals surface area contributed by atoms with E-state index in [9.17, 15) is 9.90 Å². The molecule has 0 amide bonds. The highest BCUT2D eigenvalue weighted by Crippen LogP contribution is 2.25. The molecule has 0 saturated heterocycles. The molecule has 80 valence electrons. The topological polar surface area (TPSA) is 55.8 Å². The molecular weight excluding hydrogens is 196 g/mol. The Morgan fingerprint density at radius 1 is 1.60 bits per heavy atom. The van der Waals surface area contributed by atoms with Gasteiger partial charge in [0, 0.05) is 0 Å². The zero-order chi connectivity index (χ0) is 10.8. The second kappa shape index (κ2) is 4.00. The van der Waals surface area contributed by atoms with Gasteiger partial charge in [-0.1, -0.05) is 6.07 Å². The van der Waals surface area contributed by atoms with Crippen LogP contribution in [0.1, 0.15) is 27.6 Å². The number of carbonyl (C=O) groups excluding carboxylic acids is 1. The predicted octanol–water partition coefficient (Wildman–Crippen LogP) is 1.04. The van der Waals surface area contributed by atoms with Crippen molar-refractivity contribution in [2.45, 2.75) is 12.7 Å². The van der Waals surface area contributed by atoms with Crippen LogP contribution < -0.4 is 0 Å². The minimum Gasteiger partial charge on any atom is -0.465 e. The molecular formula is C11H12O4. The highest BCUT2D eigenvalue weighted by atomic mass is 16.5. The lowest BCUT2D eigenvalue weighted by molar-refractivity contribution is 0.00969. The van der Waals surface area contributed by atoms with Crippen molar-refractivity contribution < 1.29 is 19.4 Å². The molecule has 0 aromatic heterocycles. The van der Waals surface area contributed by atoms with Gasteiger partial charge in [-0.3, -0.25) is 0 Å². The van der Waals surface area contributed by atoms with Crippen LogP contribution in [0, 0.1) is 0 Å². The fraction of sp³-hybridized carbons (Fsp3) is 0.364. The Kier molecular flexibility index (Phi) is 2.70. The van der Waals surface area contributed by atoms with E-state index >= 15 is 0 Å². The number of benzene rings is 1. The van der Waals surface area contributed by atoms with Crippen LogP contribution in [-0.2, 0) is 16.1 Å². The van der Waals surface area contributed by atoms with Gasteiger partial charge in [0.15, 0.2) is 0 Å². The number of hydrogen-bond acceptors (Lipinski definition) is 4. The van der Waals surface area contributed by atoms with Crippen molar-refractivity contribution in [3.63, 3.8) is 0 Å². The molecule has 0 saturated carbocycles. The van der Waals surface area contributed by atoms with Gasteiger partial charge >= 0.3 is 5.97 Å². The smallest absolute Gasteiger partial charge is 0.337 e. The largest absolute Gasteiger partial charge is 0.465 e. The van der Waals surface area contributed by atoms with Gasteiger partial charge in [0.25, 0.3) is 0 Å². The van der Waals surface area contributed by atoms with Crippen LogP contribution in [0.3, 0.4) is 0 Å². The molecule has 0 bridgehead atoms. The quantitative estimate of drug-likeness (QED) is 0.700. The van der Waals surface area contributed by atoms with Gasteiger partial charge in [0.1, 0.15) is 6.10 Å². The third-order valence-electron chi connectivity index (χ3n) is 2.46. The van der Waals surface area contributed by atoms with Crippen molar-refractivity contribution >= 4 is 5.97 Å².